The van der Waals surface area contributed by atoms with Crippen LogP contribution in [0, 0.1) is 5.92 Å². The average Bonchev–Trinajstić information content (AvgIpc) is 2.78. The van der Waals surface area contributed by atoms with Gasteiger partial charge in [0.1, 0.15) is 0 Å². The Morgan fingerprint density at radius 3 is 2.58 bits per heavy atom. The molecule has 2 nitrogen and oxygen atoms in total. The molecule has 0 aliphatic heterocycles. The van der Waals surface area contributed by atoms with Gasteiger partial charge in [0.15, 0.2) is 0 Å². The number of nitrogens with one attached hydrogen (secondary N) is 1. The van der Waals surface area contributed by atoms with Crippen molar-refractivity contribution in [2.24, 2.45) is 5.92 Å². The molecule has 2 fully saturated rings. The summed E-state index contributed by atoms with van der Waals surface area (Å²) >= 11 is 0. The van der Waals surface area contributed by atoms with E-state index in [0.29, 0.717) is 6.04 Å². The highest BCUT2D eigenvalue weighted by molar-refractivity contribution is 4.83. The number of hydrogen-bond acceptors (Lipinski definition) is 2. The maximum absolute atomic E-state index is 9.51. The highest BCUT2D eigenvalue weighted by Crippen LogP contribution is 2.32. The molecule has 0 aromatic rings. The van der Waals surface area contributed by atoms with Gasteiger partial charge in [-0.15, -0.1) is 0 Å². The van der Waals surface area contributed by atoms with Crippen LogP contribution >= 0.6 is 0 Å². The summed E-state index contributed by atoms with van der Waals surface area (Å²) in [7, 11) is 0. The molecule has 70 valence electrons. The summed E-state index contributed by atoms with van der Waals surface area (Å²) in [6.45, 7) is 1.12. The van der Waals surface area contributed by atoms with Crippen molar-refractivity contribution in [1.82, 2.24) is 5.32 Å². The summed E-state index contributed by atoms with van der Waals surface area (Å²) in [6, 6.07) is 0.406. The standard InChI is InChI=1S/C10H19NO/c12-10-3-1-2-9(10)11-7-6-8-4-5-8/h8-12H,1-7H2. The van der Waals surface area contributed by atoms with Gasteiger partial charge in [0, 0.05) is 6.04 Å². The van der Waals surface area contributed by atoms with Crippen molar-refractivity contribution in [2.45, 2.75) is 50.7 Å². The summed E-state index contributed by atoms with van der Waals surface area (Å²) < 4.78 is 0. The zero-order chi connectivity index (χ0) is 8.39. The Balaban J connectivity index is 1.58. The molecule has 0 radical (unpaired) electrons. The lowest BCUT2D eigenvalue weighted by atomic mass is 10.2. The van der Waals surface area contributed by atoms with Crippen LogP contribution in [0.4, 0.5) is 0 Å². The van der Waals surface area contributed by atoms with E-state index in [1.165, 1.54) is 32.1 Å². The number of aliphatic hydroxyl groups is 1. The van der Waals surface area contributed by atoms with Crippen LogP contribution in [-0.2, 0) is 0 Å². The normalized spacial score (nSPS) is 35.8. The molecule has 12 heavy (non-hydrogen) atoms. The molecule has 2 saturated carbocycles. The Labute approximate surface area is 74.4 Å². The first-order chi connectivity index (χ1) is 5.86. The fourth-order valence-electron chi connectivity index (χ4n) is 2.06. The van der Waals surface area contributed by atoms with E-state index in [1.807, 2.05) is 0 Å². The lowest BCUT2D eigenvalue weighted by Crippen LogP contribution is -2.36. The Morgan fingerprint density at radius 1 is 1.17 bits per heavy atom. The smallest absolute Gasteiger partial charge is 0.0693 e. The van der Waals surface area contributed by atoms with Crippen LogP contribution in [0.15, 0.2) is 0 Å². The summed E-state index contributed by atoms with van der Waals surface area (Å²) in [5, 5.41) is 13.0. The van der Waals surface area contributed by atoms with E-state index in [0.717, 1.165) is 18.9 Å². The van der Waals surface area contributed by atoms with Gasteiger partial charge in [0.25, 0.3) is 0 Å². The molecule has 2 heteroatoms. The van der Waals surface area contributed by atoms with Crippen molar-refractivity contribution in [3.63, 3.8) is 0 Å². The fraction of sp³-hybridized carbons (Fsp3) is 1.00. The van der Waals surface area contributed by atoms with Crippen LogP contribution in [-0.4, -0.2) is 23.8 Å². The minimum absolute atomic E-state index is 0.0656. The molecule has 2 unspecified atom stereocenters. The second kappa shape index (κ2) is 3.75. The molecule has 2 aliphatic carbocycles. The maximum atomic E-state index is 9.51. The first kappa shape index (κ1) is 8.52. The third-order valence-electron chi connectivity index (χ3n) is 3.14. The molecular weight excluding hydrogens is 150 g/mol. The Morgan fingerprint density at radius 2 is 2.00 bits per heavy atom. The molecule has 2 rings (SSSR count). The summed E-state index contributed by atoms with van der Waals surface area (Å²) in [6.07, 6.45) is 7.51. The van der Waals surface area contributed by atoms with Gasteiger partial charge in [-0.3, -0.25) is 0 Å². The third-order valence-corrected chi connectivity index (χ3v) is 3.14. The SMILES string of the molecule is OC1CCCC1NCCC1CC1. The molecular formula is C10H19NO. The Kier molecular flexibility index (Phi) is 2.66. The number of rotatable bonds is 4. The molecule has 0 heterocycles. The van der Waals surface area contributed by atoms with Crippen molar-refractivity contribution in [2.75, 3.05) is 6.54 Å². The van der Waals surface area contributed by atoms with Crippen molar-refractivity contribution in [3.05, 3.63) is 0 Å². The number of hydrogen-bond donors (Lipinski definition) is 2. The summed E-state index contributed by atoms with van der Waals surface area (Å²) in [5.41, 5.74) is 0. The third kappa shape index (κ3) is 2.20. The van der Waals surface area contributed by atoms with Crippen LogP contribution in [0.5, 0.6) is 0 Å². The van der Waals surface area contributed by atoms with Gasteiger partial charge in [-0.1, -0.05) is 12.8 Å². The van der Waals surface area contributed by atoms with Gasteiger partial charge in [-0.2, -0.15) is 0 Å². The highest BCUT2D eigenvalue weighted by atomic mass is 16.3. The fourth-order valence-corrected chi connectivity index (χ4v) is 2.06. The molecule has 2 N–H and O–H groups in total. The predicted molar refractivity (Wildman–Crippen MR) is 49.0 cm³/mol. The average molecular weight is 169 g/mol. The van der Waals surface area contributed by atoms with Crippen LogP contribution in [0.3, 0.4) is 0 Å². The first-order valence-corrected chi connectivity index (χ1v) is 5.28. The Hall–Kier alpha value is -0.0800. The van der Waals surface area contributed by atoms with E-state index in [-0.39, 0.29) is 6.10 Å². The monoisotopic (exact) mass is 169 g/mol. The maximum Gasteiger partial charge on any atom is 0.0693 e. The van der Waals surface area contributed by atoms with Crippen LogP contribution in [0.25, 0.3) is 0 Å². The zero-order valence-corrected chi connectivity index (χ0v) is 7.63. The summed E-state index contributed by atoms with van der Waals surface area (Å²) in [5.74, 6) is 1.01. The largest absolute Gasteiger partial charge is 0.392 e. The predicted octanol–water partition coefficient (Wildman–Crippen LogP) is 1.29. The van der Waals surface area contributed by atoms with Gasteiger partial charge in [-0.05, 0) is 38.1 Å². The lowest BCUT2D eigenvalue weighted by Gasteiger charge is -2.15. The van der Waals surface area contributed by atoms with Gasteiger partial charge in [-0.25, -0.2) is 0 Å². The van der Waals surface area contributed by atoms with Crippen molar-refractivity contribution >= 4 is 0 Å². The second-order valence-electron chi connectivity index (χ2n) is 4.29. The quantitative estimate of drug-likeness (QED) is 0.664. The molecule has 2 atom stereocenters. The van der Waals surface area contributed by atoms with E-state index in [9.17, 15) is 5.11 Å². The second-order valence-corrected chi connectivity index (χ2v) is 4.29. The van der Waals surface area contributed by atoms with Crippen molar-refractivity contribution in [3.8, 4) is 0 Å². The Bertz CT molecular complexity index is 145. The van der Waals surface area contributed by atoms with E-state index >= 15 is 0 Å². The minimum Gasteiger partial charge on any atom is -0.392 e. The van der Waals surface area contributed by atoms with Gasteiger partial charge < -0.3 is 10.4 Å². The lowest BCUT2D eigenvalue weighted by molar-refractivity contribution is 0.149. The van der Waals surface area contributed by atoms with Crippen LogP contribution in [0.2, 0.25) is 0 Å². The van der Waals surface area contributed by atoms with E-state index in [4.69, 9.17) is 0 Å². The minimum atomic E-state index is -0.0656. The van der Waals surface area contributed by atoms with E-state index in [1.54, 1.807) is 0 Å². The topological polar surface area (TPSA) is 32.3 Å². The van der Waals surface area contributed by atoms with Crippen molar-refractivity contribution in [1.29, 1.82) is 0 Å². The van der Waals surface area contributed by atoms with Gasteiger partial charge in [0.2, 0.25) is 0 Å². The molecule has 0 bridgehead atoms. The number of aliphatic hydroxyl groups excluding tert-OH is 1. The molecule has 0 aromatic carbocycles. The molecule has 0 spiro atoms. The van der Waals surface area contributed by atoms with Crippen LogP contribution in [0.1, 0.15) is 38.5 Å². The highest BCUT2D eigenvalue weighted by Gasteiger charge is 2.25. The zero-order valence-electron chi connectivity index (χ0n) is 7.63. The van der Waals surface area contributed by atoms with Gasteiger partial charge in [0.05, 0.1) is 6.10 Å². The molecule has 2 aliphatic rings. The molecule has 0 aromatic heterocycles. The van der Waals surface area contributed by atoms with E-state index < -0.39 is 0 Å². The van der Waals surface area contributed by atoms with Crippen molar-refractivity contribution < 1.29 is 5.11 Å². The van der Waals surface area contributed by atoms with E-state index in [2.05, 4.69) is 5.32 Å². The van der Waals surface area contributed by atoms with Crippen LogP contribution < -0.4 is 5.32 Å². The molecule has 0 amide bonds. The molecule has 0 saturated heterocycles. The first-order valence-electron chi connectivity index (χ1n) is 5.28. The summed E-state index contributed by atoms with van der Waals surface area (Å²) in [4.78, 5) is 0. The van der Waals surface area contributed by atoms with Gasteiger partial charge >= 0.3 is 0 Å².